The summed E-state index contributed by atoms with van der Waals surface area (Å²) in [4.78, 5) is 64.4. The molecule has 0 spiro atoms. The Bertz CT molecular complexity index is 1080. The first-order valence-electron chi connectivity index (χ1n) is 13.7. The fourth-order valence-electron chi connectivity index (χ4n) is 3.81. The van der Waals surface area contributed by atoms with Gasteiger partial charge in [0.2, 0.25) is 11.8 Å². The van der Waals surface area contributed by atoms with Gasteiger partial charge < -0.3 is 47.1 Å². The Balaban J connectivity index is 3.08. The second-order valence-corrected chi connectivity index (χ2v) is 10.2. The van der Waals surface area contributed by atoms with Gasteiger partial charge in [-0.2, -0.15) is 0 Å². The van der Waals surface area contributed by atoms with Crippen molar-refractivity contribution in [3.63, 3.8) is 0 Å². The van der Waals surface area contributed by atoms with Crippen molar-refractivity contribution in [1.82, 2.24) is 26.2 Å². The third-order valence-electron chi connectivity index (χ3n) is 6.02. The van der Waals surface area contributed by atoms with E-state index >= 15 is 0 Å². The van der Waals surface area contributed by atoms with E-state index in [-0.39, 0.29) is 43.3 Å². The number of nitrogens with zero attached hydrogens (tertiary/aromatic N) is 1. The molecule has 14 heteroatoms. The molecule has 0 aromatic heterocycles. The van der Waals surface area contributed by atoms with Crippen LogP contribution < -0.4 is 32.3 Å². The van der Waals surface area contributed by atoms with E-state index in [0.29, 0.717) is 18.5 Å². The van der Waals surface area contributed by atoms with Gasteiger partial charge in [-0.25, -0.2) is 9.59 Å². The highest BCUT2D eigenvalue weighted by molar-refractivity contribution is 6.01. The minimum atomic E-state index is -1.07. The minimum absolute atomic E-state index is 0.0403. The number of hydrogen-bond donors (Lipinski definition) is 7. The van der Waals surface area contributed by atoms with Gasteiger partial charge in [0.25, 0.3) is 5.91 Å². The summed E-state index contributed by atoms with van der Waals surface area (Å²) in [5, 5.41) is 22.8. The number of primary amides is 1. The van der Waals surface area contributed by atoms with Crippen LogP contribution in [0.4, 0.5) is 15.3 Å². The summed E-state index contributed by atoms with van der Waals surface area (Å²) in [7, 11) is 3.86. The van der Waals surface area contributed by atoms with Crippen LogP contribution in [0.3, 0.4) is 0 Å². The number of nitrogens with two attached hydrogens (primary N) is 1. The van der Waals surface area contributed by atoms with Crippen LogP contribution >= 0.6 is 0 Å². The number of carbonyl (C=O) groups excluding carboxylic acids is 5. The first kappa shape index (κ1) is 35.9. The number of aliphatic hydroxyl groups excluding tert-OH is 1. The molecule has 0 aliphatic heterocycles. The number of benzene rings is 1. The van der Waals surface area contributed by atoms with Crippen molar-refractivity contribution in [1.29, 1.82) is 0 Å². The second-order valence-electron chi connectivity index (χ2n) is 10.2. The van der Waals surface area contributed by atoms with Gasteiger partial charge in [-0.15, -0.1) is 0 Å². The highest BCUT2D eigenvalue weighted by Crippen LogP contribution is 2.17. The molecule has 0 aliphatic rings. The van der Waals surface area contributed by atoms with Crippen LogP contribution in [0, 0.1) is 5.92 Å². The highest BCUT2D eigenvalue weighted by atomic mass is 16.5. The lowest BCUT2D eigenvalue weighted by Gasteiger charge is -2.25. The zero-order valence-corrected chi connectivity index (χ0v) is 24.8. The Labute approximate surface area is 246 Å². The zero-order valence-electron chi connectivity index (χ0n) is 24.8. The maximum absolute atomic E-state index is 13.3. The van der Waals surface area contributed by atoms with Crippen molar-refractivity contribution in [3.8, 4) is 0 Å². The van der Waals surface area contributed by atoms with Gasteiger partial charge >= 0.3 is 12.1 Å². The largest absolute Gasteiger partial charge is 0.445 e. The molecule has 0 radical (unpaired) electrons. The van der Waals surface area contributed by atoms with E-state index in [0.717, 1.165) is 13.0 Å². The quantitative estimate of drug-likeness (QED) is 0.0952. The van der Waals surface area contributed by atoms with Gasteiger partial charge in [0.05, 0.1) is 6.61 Å². The molecular formula is C28H45N7O7. The number of carbonyl (C=O) groups is 5. The summed E-state index contributed by atoms with van der Waals surface area (Å²) in [5.74, 6) is -1.94. The van der Waals surface area contributed by atoms with E-state index < -0.39 is 41.9 Å². The number of rotatable bonds is 18. The predicted octanol–water partition coefficient (Wildman–Crippen LogP) is 0.669. The third-order valence-corrected chi connectivity index (χ3v) is 6.02. The Hall–Kier alpha value is -4.17. The van der Waals surface area contributed by atoms with Crippen LogP contribution in [-0.2, 0) is 20.9 Å². The van der Waals surface area contributed by atoms with Crippen molar-refractivity contribution in [2.24, 2.45) is 11.7 Å². The van der Waals surface area contributed by atoms with Crippen molar-refractivity contribution in [2.45, 2.75) is 51.8 Å². The van der Waals surface area contributed by atoms with Crippen LogP contribution in [-0.4, -0.2) is 92.3 Å². The number of urea groups is 1. The van der Waals surface area contributed by atoms with Gasteiger partial charge in [0, 0.05) is 24.3 Å². The first-order chi connectivity index (χ1) is 19.9. The molecule has 2 atom stereocenters. The number of amides is 6. The molecule has 0 saturated heterocycles. The van der Waals surface area contributed by atoms with E-state index in [2.05, 4.69) is 33.2 Å². The topological polar surface area (TPSA) is 204 Å². The smallest absolute Gasteiger partial charge is 0.408 e. The molecule has 1 aromatic carbocycles. The number of anilines is 1. The number of nitrogens with one attached hydrogen (secondary N) is 5. The molecule has 0 heterocycles. The van der Waals surface area contributed by atoms with Gasteiger partial charge in [0.1, 0.15) is 18.7 Å². The molecule has 8 N–H and O–H groups in total. The summed E-state index contributed by atoms with van der Waals surface area (Å²) in [6.07, 6.45) is 1.72. The summed E-state index contributed by atoms with van der Waals surface area (Å²) in [6, 6.07) is 1.72. The number of hydrogen-bond acceptors (Lipinski definition) is 8. The number of aliphatic hydroxyl groups is 1. The van der Waals surface area contributed by atoms with Crippen molar-refractivity contribution >= 4 is 35.5 Å². The lowest BCUT2D eigenvalue weighted by Crippen LogP contribution is -2.54. The Morgan fingerprint density at radius 2 is 1.74 bits per heavy atom. The summed E-state index contributed by atoms with van der Waals surface area (Å²) >= 11 is 0. The molecule has 14 nitrogen and oxygen atoms in total. The average Bonchev–Trinajstić information content (AvgIpc) is 2.93. The molecule has 1 rings (SSSR count). The second kappa shape index (κ2) is 19.0. The molecule has 0 fully saturated rings. The van der Waals surface area contributed by atoms with E-state index in [4.69, 9.17) is 10.5 Å². The van der Waals surface area contributed by atoms with Gasteiger partial charge in [-0.1, -0.05) is 32.6 Å². The van der Waals surface area contributed by atoms with E-state index in [1.165, 1.54) is 24.3 Å². The van der Waals surface area contributed by atoms with Gasteiger partial charge in [-0.3, -0.25) is 14.4 Å². The summed E-state index contributed by atoms with van der Waals surface area (Å²) in [5.41, 5.74) is 5.97. The fraction of sp³-hybridized carbons (Fsp3) is 0.536. The maximum Gasteiger partial charge on any atom is 0.408 e. The van der Waals surface area contributed by atoms with Crippen LogP contribution in [0.1, 0.15) is 49.0 Å². The number of alkyl carbamates (subject to hydrolysis) is 1. The lowest BCUT2D eigenvalue weighted by atomic mass is 10.0. The molecule has 234 valence electrons. The molecule has 0 unspecified atom stereocenters. The molecular weight excluding hydrogens is 546 g/mol. The molecule has 0 aliphatic carbocycles. The maximum atomic E-state index is 13.3. The lowest BCUT2D eigenvalue weighted by molar-refractivity contribution is -0.128. The summed E-state index contributed by atoms with van der Waals surface area (Å²) < 4.78 is 4.91. The fourth-order valence-corrected chi connectivity index (χ4v) is 3.81. The van der Waals surface area contributed by atoms with E-state index in [1.54, 1.807) is 13.8 Å². The monoisotopic (exact) mass is 591 g/mol. The highest BCUT2D eigenvalue weighted by Gasteiger charge is 2.29. The van der Waals surface area contributed by atoms with Crippen LogP contribution in [0.15, 0.2) is 30.9 Å². The average molecular weight is 592 g/mol. The predicted molar refractivity (Wildman–Crippen MR) is 159 cm³/mol. The van der Waals surface area contributed by atoms with Gasteiger partial charge in [0.15, 0.2) is 0 Å². The molecule has 1 aromatic rings. The van der Waals surface area contributed by atoms with E-state index in [9.17, 15) is 29.1 Å². The SMILES string of the molecule is C=CCOC(=O)N[C@H](C(=O)N[C@@H](CCCNC(N)=O)C(=O)Nc1ccc(CO)c(C(=O)NCCCN(C)C)c1)C(C)C. The van der Waals surface area contributed by atoms with Crippen LogP contribution in [0.2, 0.25) is 0 Å². The standard InChI is InChI=1S/C28H45N7O7/c1-6-15-42-28(41)34-23(18(2)3)26(39)33-22(9-7-12-31-27(29)40)25(38)32-20-11-10-19(17-36)21(16-20)24(37)30-13-8-14-35(4)5/h6,10-11,16,18,22-23,36H,1,7-9,12-15,17H2,2-5H3,(H,30,37)(H,32,38)(H,33,39)(H,34,41)(H3,29,31,40)/t22-,23-/m0/s1. The summed E-state index contributed by atoms with van der Waals surface area (Å²) in [6.45, 7) is 7.88. The number of ether oxygens (including phenoxy) is 1. The molecule has 42 heavy (non-hydrogen) atoms. The van der Waals surface area contributed by atoms with E-state index in [1.807, 2.05) is 19.0 Å². The van der Waals surface area contributed by atoms with Crippen LogP contribution in [0.5, 0.6) is 0 Å². The van der Waals surface area contributed by atoms with Gasteiger partial charge in [-0.05, 0) is 63.5 Å². The van der Waals surface area contributed by atoms with Crippen molar-refractivity contribution in [3.05, 3.63) is 42.0 Å². The first-order valence-corrected chi connectivity index (χ1v) is 13.7. The van der Waals surface area contributed by atoms with Crippen molar-refractivity contribution in [2.75, 3.05) is 45.7 Å². The Morgan fingerprint density at radius 3 is 2.33 bits per heavy atom. The normalized spacial score (nSPS) is 12.2. The molecule has 0 bridgehead atoms. The third kappa shape index (κ3) is 13.5. The van der Waals surface area contributed by atoms with Crippen molar-refractivity contribution < 1.29 is 33.8 Å². The molecule has 0 saturated carbocycles. The zero-order chi connectivity index (χ0) is 31.7. The Morgan fingerprint density at radius 1 is 1.05 bits per heavy atom. The minimum Gasteiger partial charge on any atom is -0.445 e. The van der Waals surface area contributed by atoms with Crippen LogP contribution in [0.25, 0.3) is 0 Å². The molecule has 6 amide bonds. The Kier molecular flexibility index (Phi) is 16.3.